The standard InChI is InChI=1S/C16H26O3S.Na/c1-2-3-4-5-6-7-8-9-12-15-13-10-11-14-16(15)20(17,18)19;/h10-11,13-14H,2-9,12H2,1H3,(H,17,18,19);/q;+1/p-1. The van der Waals surface area contributed by atoms with Crippen LogP contribution in [0, 0.1) is 0 Å². The summed E-state index contributed by atoms with van der Waals surface area (Å²) in [4.78, 5) is -0.0528. The van der Waals surface area contributed by atoms with Gasteiger partial charge in [0.25, 0.3) is 0 Å². The molecule has 0 aliphatic carbocycles. The summed E-state index contributed by atoms with van der Waals surface area (Å²) in [7, 11) is -4.34. The van der Waals surface area contributed by atoms with Crippen molar-refractivity contribution < 1.29 is 42.5 Å². The molecule has 1 aromatic carbocycles. The zero-order valence-corrected chi connectivity index (χ0v) is 16.1. The predicted molar refractivity (Wildman–Crippen MR) is 80.7 cm³/mol. The summed E-state index contributed by atoms with van der Waals surface area (Å²) in [6.07, 6.45) is 10.3. The summed E-state index contributed by atoms with van der Waals surface area (Å²) in [5, 5.41) is 0. The number of benzene rings is 1. The van der Waals surface area contributed by atoms with Gasteiger partial charge in [0, 0.05) is 0 Å². The summed E-state index contributed by atoms with van der Waals surface area (Å²) in [5.74, 6) is 0. The van der Waals surface area contributed by atoms with Crippen LogP contribution in [0.2, 0.25) is 0 Å². The van der Waals surface area contributed by atoms with Gasteiger partial charge in [-0.25, -0.2) is 8.42 Å². The largest absolute Gasteiger partial charge is 1.00 e. The van der Waals surface area contributed by atoms with Crippen molar-refractivity contribution in [3.05, 3.63) is 29.8 Å². The Labute approximate surface area is 151 Å². The van der Waals surface area contributed by atoms with Gasteiger partial charge in [-0.15, -0.1) is 0 Å². The zero-order chi connectivity index (χ0) is 14.8. The first-order chi connectivity index (χ1) is 9.55. The van der Waals surface area contributed by atoms with Crippen LogP contribution < -0.4 is 29.6 Å². The molecule has 0 unspecified atom stereocenters. The molecule has 21 heavy (non-hydrogen) atoms. The molecule has 0 aliphatic heterocycles. The summed E-state index contributed by atoms with van der Waals surface area (Å²) in [6, 6.07) is 6.53. The van der Waals surface area contributed by atoms with Gasteiger partial charge in [-0.1, -0.05) is 70.1 Å². The normalized spacial score (nSPS) is 11.1. The first kappa shape index (κ1) is 21.1. The maximum Gasteiger partial charge on any atom is 1.00 e. The number of aryl methyl sites for hydroxylation is 1. The molecule has 3 nitrogen and oxygen atoms in total. The molecule has 0 aliphatic rings. The fraction of sp³-hybridized carbons (Fsp3) is 0.625. The van der Waals surface area contributed by atoms with Gasteiger partial charge >= 0.3 is 29.6 Å². The Kier molecular flexibility index (Phi) is 11.7. The fourth-order valence-corrected chi connectivity index (χ4v) is 3.14. The van der Waals surface area contributed by atoms with Crippen LogP contribution in [0.1, 0.15) is 63.9 Å². The third-order valence-electron chi connectivity index (χ3n) is 3.54. The Morgan fingerprint density at radius 2 is 1.43 bits per heavy atom. The van der Waals surface area contributed by atoms with Crippen molar-refractivity contribution >= 4 is 10.1 Å². The van der Waals surface area contributed by atoms with E-state index in [1.165, 1.54) is 44.6 Å². The number of hydrogen-bond acceptors (Lipinski definition) is 3. The van der Waals surface area contributed by atoms with Crippen molar-refractivity contribution in [2.24, 2.45) is 0 Å². The van der Waals surface area contributed by atoms with Gasteiger partial charge in [-0.05, 0) is 24.5 Å². The summed E-state index contributed by atoms with van der Waals surface area (Å²) in [6.45, 7) is 2.21. The second kappa shape index (κ2) is 11.7. The minimum atomic E-state index is -4.34. The van der Waals surface area contributed by atoms with Crippen LogP contribution in [0.5, 0.6) is 0 Å². The number of hydrogen-bond donors (Lipinski definition) is 0. The van der Waals surface area contributed by atoms with Gasteiger partial charge in [0.05, 0.1) is 4.90 Å². The van der Waals surface area contributed by atoms with E-state index in [-0.39, 0.29) is 34.5 Å². The maximum absolute atomic E-state index is 11.1. The van der Waals surface area contributed by atoms with E-state index in [0.29, 0.717) is 12.0 Å². The van der Waals surface area contributed by atoms with Crippen LogP contribution >= 0.6 is 0 Å². The predicted octanol–water partition coefficient (Wildman–Crippen LogP) is 1.28. The van der Waals surface area contributed by atoms with E-state index < -0.39 is 10.1 Å². The van der Waals surface area contributed by atoms with E-state index in [1.54, 1.807) is 18.2 Å². The quantitative estimate of drug-likeness (QED) is 0.371. The molecule has 0 saturated heterocycles. The van der Waals surface area contributed by atoms with Crippen LogP contribution in [-0.2, 0) is 16.5 Å². The third-order valence-corrected chi connectivity index (χ3v) is 4.48. The second-order valence-corrected chi connectivity index (χ2v) is 6.63. The molecule has 5 heteroatoms. The Balaban J connectivity index is 0.00000400. The Morgan fingerprint density at radius 3 is 2.00 bits per heavy atom. The fourth-order valence-electron chi connectivity index (χ4n) is 2.40. The van der Waals surface area contributed by atoms with Crippen LogP contribution in [0.4, 0.5) is 0 Å². The zero-order valence-electron chi connectivity index (χ0n) is 13.3. The molecule has 1 aromatic rings. The molecule has 0 amide bonds. The van der Waals surface area contributed by atoms with Gasteiger partial charge in [-0.2, -0.15) is 0 Å². The molecule has 0 atom stereocenters. The SMILES string of the molecule is CCCCCCCCCCc1ccccc1S(=O)(=O)[O-].[Na+]. The van der Waals surface area contributed by atoms with Crippen molar-refractivity contribution in [1.29, 1.82) is 0 Å². The van der Waals surface area contributed by atoms with Gasteiger partial charge in [0.2, 0.25) is 0 Å². The molecule has 0 heterocycles. The first-order valence-electron chi connectivity index (χ1n) is 7.59. The Hall–Kier alpha value is 0.130. The molecule has 0 saturated carbocycles. The smallest absolute Gasteiger partial charge is 0.744 e. The van der Waals surface area contributed by atoms with Crippen molar-refractivity contribution in [2.75, 3.05) is 0 Å². The third kappa shape index (κ3) is 8.99. The summed E-state index contributed by atoms with van der Waals surface area (Å²) >= 11 is 0. The van der Waals surface area contributed by atoms with Gasteiger partial charge in [0.1, 0.15) is 10.1 Å². The number of unbranched alkanes of at least 4 members (excludes halogenated alkanes) is 7. The van der Waals surface area contributed by atoms with Crippen LogP contribution in [0.25, 0.3) is 0 Å². The van der Waals surface area contributed by atoms with Crippen LogP contribution in [-0.4, -0.2) is 13.0 Å². The molecule has 1 rings (SSSR count). The second-order valence-electron chi connectivity index (χ2n) is 5.29. The minimum Gasteiger partial charge on any atom is -0.744 e. The first-order valence-corrected chi connectivity index (χ1v) is 9.00. The molecule has 0 N–H and O–H groups in total. The molecule has 114 valence electrons. The van der Waals surface area contributed by atoms with Gasteiger partial charge in [-0.3, -0.25) is 0 Å². The van der Waals surface area contributed by atoms with Gasteiger partial charge in [0.15, 0.2) is 0 Å². The van der Waals surface area contributed by atoms with Gasteiger partial charge < -0.3 is 4.55 Å². The van der Waals surface area contributed by atoms with Crippen molar-refractivity contribution in [1.82, 2.24) is 0 Å². The Morgan fingerprint density at radius 1 is 0.905 bits per heavy atom. The molecular formula is C16H25NaO3S. The van der Waals surface area contributed by atoms with Crippen molar-refractivity contribution in [3.63, 3.8) is 0 Å². The molecule has 0 fully saturated rings. The average Bonchev–Trinajstić information content (AvgIpc) is 2.41. The topological polar surface area (TPSA) is 57.2 Å². The van der Waals surface area contributed by atoms with E-state index in [4.69, 9.17) is 0 Å². The molecule has 0 bridgehead atoms. The van der Waals surface area contributed by atoms with E-state index in [2.05, 4.69) is 6.92 Å². The molecule has 0 aromatic heterocycles. The monoisotopic (exact) mass is 320 g/mol. The molecular weight excluding hydrogens is 295 g/mol. The van der Waals surface area contributed by atoms with E-state index >= 15 is 0 Å². The van der Waals surface area contributed by atoms with E-state index in [9.17, 15) is 13.0 Å². The Bertz CT molecular complexity index is 486. The summed E-state index contributed by atoms with van der Waals surface area (Å²) in [5.41, 5.74) is 0.661. The van der Waals surface area contributed by atoms with Crippen molar-refractivity contribution in [3.8, 4) is 0 Å². The minimum absolute atomic E-state index is 0. The maximum atomic E-state index is 11.1. The van der Waals surface area contributed by atoms with E-state index in [1.807, 2.05) is 0 Å². The molecule has 0 spiro atoms. The summed E-state index contributed by atoms with van der Waals surface area (Å²) < 4.78 is 33.4. The number of rotatable bonds is 10. The van der Waals surface area contributed by atoms with E-state index in [0.717, 1.165) is 12.8 Å². The van der Waals surface area contributed by atoms with Crippen LogP contribution in [0.15, 0.2) is 29.2 Å². The van der Waals surface area contributed by atoms with Crippen molar-refractivity contribution in [2.45, 2.75) is 69.6 Å². The van der Waals surface area contributed by atoms with Crippen LogP contribution in [0.3, 0.4) is 0 Å². The molecule has 0 radical (unpaired) electrons. The average molecular weight is 320 g/mol.